The molecule has 1 heterocycles. The number of carboxylic acid groups (broad SMARTS) is 1. The summed E-state index contributed by atoms with van der Waals surface area (Å²) in [7, 11) is 0. The minimum absolute atomic E-state index is 0.0764. The third kappa shape index (κ3) is 5.38. The number of anilines is 2. The number of rotatable bonds is 5. The minimum atomic E-state index is -1.29. The first-order chi connectivity index (χ1) is 16.4. The standard InChI is InChI=1S/C26H25ClN4O3/c27-21-12-10-19(16-23(21)31-13-5-2-6-14-31)25(32)29-22-15-18(17-7-3-1-4-8-17)9-11-20(22)24(28)30-26(33)34/h1,3-4,7-12,15-16H,2,5-6,13-14H2,(H2,28,30)(H,29,32)(H,33,34)/p+1. The molecule has 3 aromatic carbocycles. The van der Waals surface area contributed by atoms with E-state index in [-0.39, 0.29) is 11.7 Å². The summed E-state index contributed by atoms with van der Waals surface area (Å²) in [5.74, 6) is -0.419. The van der Waals surface area contributed by atoms with Gasteiger partial charge >= 0.3 is 6.09 Å². The van der Waals surface area contributed by atoms with Gasteiger partial charge in [-0.05, 0) is 60.7 Å². The number of nitrogens with two attached hydrogens (primary N) is 1. The van der Waals surface area contributed by atoms with Gasteiger partial charge in [-0.3, -0.25) is 10.5 Å². The predicted octanol–water partition coefficient (Wildman–Crippen LogP) is 3.71. The Kier molecular flexibility index (Phi) is 7.13. The van der Waals surface area contributed by atoms with Crippen molar-refractivity contribution in [1.82, 2.24) is 0 Å². The van der Waals surface area contributed by atoms with E-state index in [0.717, 1.165) is 42.7 Å². The number of benzene rings is 3. The molecular formula is C26H26ClN4O3+. The number of piperidine rings is 1. The Balaban J connectivity index is 1.69. The number of carbonyl (C=O) groups excluding carboxylic acids is 1. The third-order valence-electron chi connectivity index (χ3n) is 5.81. The van der Waals surface area contributed by atoms with E-state index in [9.17, 15) is 9.59 Å². The molecule has 1 aliphatic heterocycles. The molecule has 0 aliphatic carbocycles. The van der Waals surface area contributed by atoms with Gasteiger partial charge in [-0.25, -0.2) is 0 Å². The summed E-state index contributed by atoms with van der Waals surface area (Å²) < 4.78 is 0. The molecule has 1 aliphatic rings. The quantitative estimate of drug-likeness (QED) is 0.331. The Morgan fingerprint density at radius 1 is 0.941 bits per heavy atom. The van der Waals surface area contributed by atoms with E-state index < -0.39 is 6.09 Å². The molecule has 0 saturated carbocycles. The van der Waals surface area contributed by atoms with Crippen LogP contribution in [0.5, 0.6) is 0 Å². The molecule has 7 nitrogen and oxygen atoms in total. The maximum atomic E-state index is 13.2. The number of amides is 2. The first-order valence-corrected chi connectivity index (χ1v) is 11.5. The van der Waals surface area contributed by atoms with Gasteiger partial charge in [0.25, 0.3) is 11.7 Å². The largest absolute Gasteiger partial charge is 0.502 e. The van der Waals surface area contributed by atoms with Crippen molar-refractivity contribution in [2.24, 2.45) is 5.73 Å². The van der Waals surface area contributed by atoms with Crippen LogP contribution in [-0.2, 0) is 0 Å². The highest BCUT2D eigenvalue weighted by Gasteiger charge is 2.19. The molecular weight excluding hydrogens is 452 g/mol. The maximum absolute atomic E-state index is 13.2. The van der Waals surface area contributed by atoms with E-state index in [1.54, 1.807) is 30.3 Å². The molecule has 1 fully saturated rings. The van der Waals surface area contributed by atoms with Gasteiger partial charge in [-0.1, -0.05) is 48.0 Å². The second-order valence-electron chi connectivity index (χ2n) is 8.14. The van der Waals surface area contributed by atoms with Gasteiger partial charge in [0.05, 0.1) is 22.0 Å². The van der Waals surface area contributed by atoms with Crippen LogP contribution in [0, 0.1) is 0 Å². The van der Waals surface area contributed by atoms with Crippen LogP contribution in [0.2, 0.25) is 5.02 Å². The Hall–Kier alpha value is -3.84. The third-order valence-corrected chi connectivity index (χ3v) is 6.13. The van der Waals surface area contributed by atoms with Crippen molar-refractivity contribution in [2.75, 3.05) is 23.3 Å². The van der Waals surface area contributed by atoms with E-state index in [4.69, 9.17) is 22.4 Å². The molecule has 1 saturated heterocycles. The van der Waals surface area contributed by atoms with Crippen molar-refractivity contribution in [1.29, 1.82) is 0 Å². The number of halogens is 1. The lowest BCUT2D eigenvalue weighted by Crippen LogP contribution is -2.79. The lowest BCUT2D eigenvalue weighted by atomic mass is 10.0. The Bertz CT molecular complexity index is 1240. The molecule has 2 amide bonds. The van der Waals surface area contributed by atoms with Gasteiger partial charge in [-0.15, -0.1) is 0 Å². The van der Waals surface area contributed by atoms with Crippen LogP contribution in [0.15, 0.2) is 66.7 Å². The molecule has 0 atom stereocenters. The van der Waals surface area contributed by atoms with Crippen LogP contribution in [-0.4, -0.2) is 36.0 Å². The molecule has 5 N–H and O–H groups in total. The molecule has 0 spiro atoms. The number of nitrogens with zero attached hydrogens (tertiary/aromatic N) is 1. The van der Waals surface area contributed by atoms with E-state index in [2.05, 4.69) is 15.2 Å². The number of carbonyl (C=O) groups is 2. The van der Waals surface area contributed by atoms with Gasteiger partial charge in [0.1, 0.15) is 0 Å². The van der Waals surface area contributed by atoms with Crippen molar-refractivity contribution in [3.63, 3.8) is 0 Å². The van der Waals surface area contributed by atoms with Crippen LogP contribution in [0.25, 0.3) is 11.1 Å². The number of nitrogen functional groups attached to an aromatic ring is 1. The molecule has 0 bridgehead atoms. The number of nitrogens with one attached hydrogen (secondary N) is 2. The molecule has 34 heavy (non-hydrogen) atoms. The molecule has 0 aromatic heterocycles. The zero-order chi connectivity index (χ0) is 24.1. The molecule has 3 aromatic rings. The first kappa shape index (κ1) is 23.3. The van der Waals surface area contributed by atoms with Gasteiger partial charge in [0, 0.05) is 18.7 Å². The van der Waals surface area contributed by atoms with Gasteiger partial charge < -0.3 is 15.3 Å². The highest BCUT2D eigenvalue weighted by atomic mass is 35.5. The smallest absolute Gasteiger partial charge is 0.447 e. The highest BCUT2D eigenvalue weighted by Crippen LogP contribution is 2.30. The van der Waals surface area contributed by atoms with Crippen molar-refractivity contribution >= 4 is 40.8 Å². The van der Waals surface area contributed by atoms with Crippen molar-refractivity contribution < 1.29 is 19.7 Å². The molecule has 174 valence electrons. The second-order valence-corrected chi connectivity index (χ2v) is 8.55. The van der Waals surface area contributed by atoms with Gasteiger partial charge in [0.2, 0.25) is 0 Å². The number of hydrogen-bond acceptors (Lipinski definition) is 3. The summed E-state index contributed by atoms with van der Waals surface area (Å²) in [5, 5.41) is 12.6. The summed E-state index contributed by atoms with van der Waals surface area (Å²) >= 11 is 6.44. The van der Waals surface area contributed by atoms with Crippen molar-refractivity contribution in [3.8, 4) is 11.1 Å². The summed E-state index contributed by atoms with van der Waals surface area (Å²) in [6.07, 6.45) is 2.09. The molecule has 0 radical (unpaired) electrons. The fraction of sp³-hybridized carbons (Fsp3) is 0.192. The van der Waals surface area contributed by atoms with E-state index in [1.807, 2.05) is 36.4 Å². The fourth-order valence-corrected chi connectivity index (χ4v) is 4.34. The predicted molar refractivity (Wildman–Crippen MR) is 135 cm³/mol. The van der Waals surface area contributed by atoms with Crippen LogP contribution in [0.4, 0.5) is 16.2 Å². The molecule has 0 unspecified atom stereocenters. The summed E-state index contributed by atoms with van der Waals surface area (Å²) in [5.41, 5.74) is 9.86. The van der Waals surface area contributed by atoms with Crippen LogP contribution >= 0.6 is 11.6 Å². The summed E-state index contributed by atoms with van der Waals surface area (Å²) in [6.45, 7) is 1.81. The molecule has 4 rings (SSSR count). The molecule has 8 heteroatoms. The average molecular weight is 478 g/mol. The topological polar surface area (TPSA) is 110 Å². The van der Waals surface area contributed by atoms with Crippen molar-refractivity contribution in [2.45, 2.75) is 19.3 Å². The average Bonchev–Trinajstić information content (AvgIpc) is 2.85. The van der Waals surface area contributed by atoms with E-state index >= 15 is 0 Å². The Morgan fingerprint density at radius 2 is 1.68 bits per heavy atom. The number of amidine groups is 1. The normalized spacial score (nSPS) is 14.0. The Labute approximate surface area is 202 Å². The SMILES string of the molecule is NC(=[NH+]C(=O)O)c1ccc(-c2ccccc2)cc1NC(=O)c1ccc(Cl)c(N2CCCCC2)c1. The highest BCUT2D eigenvalue weighted by molar-refractivity contribution is 6.33. The van der Waals surface area contributed by atoms with Crippen molar-refractivity contribution in [3.05, 3.63) is 82.9 Å². The van der Waals surface area contributed by atoms with E-state index in [0.29, 0.717) is 21.8 Å². The lowest BCUT2D eigenvalue weighted by Gasteiger charge is -2.29. The van der Waals surface area contributed by atoms with Crippen LogP contribution in [0.3, 0.4) is 0 Å². The van der Waals surface area contributed by atoms with E-state index in [1.165, 1.54) is 6.42 Å². The zero-order valence-electron chi connectivity index (χ0n) is 18.6. The lowest BCUT2D eigenvalue weighted by molar-refractivity contribution is -0.364. The Morgan fingerprint density at radius 3 is 2.38 bits per heavy atom. The summed E-state index contributed by atoms with van der Waals surface area (Å²) in [4.78, 5) is 28.7. The minimum Gasteiger partial charge on any atom is -0.447 e. The second kappa shape index (κ2) is 10.4. The monoisotopic (exact) mass is 477 g/mol. The zero-order valence-corrected chi connectivity index (χ0v) is 19.3. The van der Waals surface area contributed by atoms with Gasteiger partial charge in [0.15, 0.2) is 0 Å². The van der Waals surface area contributed by atoms with Gasteiger partial charge in [-0.2, -0.15) is 9.79 Å². The first-order valence-electron chi connectivity index (χ1n) is 11.1. The number of hydrogen-bond donors (Lipinski definition) is 4. The van der Waals surface area contributed by atoms with Crippen LogP contribution in [0.1, 0.15) is 35.2 Å². The van der Waals surface area contributed by atoms with Crippen LogP contribution < -0.4 is 20.9 Å². The summed E-state index contributed by atoms with van der Waals surface area (Å²) in [6, 6.07) is 20.2. The fourth-order valence-electron chi connectivity index (χ4n) is 4.10. The maximum Gasteiger partial charge on any atom is 0.502 e.